The van der Waals surface area contributed by atoms with Crippen LogP contribution < -0.4 is 5.32 Å². The fourth-order valence-electron chi connectivity index (χ4n) is 2.78. The zero-order chi connectivity index (χ0) is 16.0. The van der Waals surface area contributed by atoms with E-state index in [1.807, 2.05) is 12.1 Å². The minimum absolute atomic E-state index is 0.118. The van der Waals surface area contributed by atoms with Crippen LogP contribution in [0.1, 0.15) is 30.5 Å². The molecule has 0 radical (unpaired) electrons. The van der Waals surface area contributed by atoms with Crippen molar-refractivity contribution in [1.82, 2.24) is 9.62 Å². The van der Waals surface area contributed by atoms with E-state index in [9.17, 15) is 8.42 Å². The molecule has 0 bridgehead atoms. The summed E-state index contributed by atoms with van der Waals surface area (Å²) in [6, 6.07) is 8.15. The van der Waals surface area contributed by atoms with Gasteiger partial charge in [-0.05, 0) is 24.0 Å². The van der Waals surface area contributed by atoms with Crippen LogP contribution in [0.4, 0.5) is 0 Å². The minimum Gasteiger partial charge on any atom is -0.385 e. The number of piperazine rings is 1. The number of aryl methyl sites for hydroxylation is 1. The van der Waals surface area contributed by atoms with Crippen molar-refractivity contribution >= 4 is 10.0 Å². The third-order valence-corrected chi connectivity index (χ3v) is 6.03. The molecule has 5 nitrogen and oxygen atoms in total. The van der Waals surface area contributed by atoms with E-state index in [0.717, 1.165) is 12.0 Å². The van der Waals surface area contributed by atoms with Gasteiger partial charge in [0.25, 0.3) is 0 Å². The van der Waals surface area contributed by atoms with Crippen molar-refractivity contribution in [3.05, 3.63) is 35.4 Å². The van der Waals surface area contributed by atoms with Gasteiger partial charge >= 0.3 is 0 Å². The number of benzene rings is 1. The lowest BCUT2D eigenvalue weighted by molar-refractivity contribution is 0.198. The van der Waals surface area contributed by atoms with Crippen LogP contribution in [0.2, 0.25) is 0 Å². The molecule has 1 N–H and O–H groups in total. The Labute approximate surface area is 133 Å². The molecule has 1 aliphatic heterocycles. The first-order chi connectivity index (χ1) is 10.6. The number of nitrogens with zero attached hydrogens (tertiary/aromatic N) is 1. The topological polar surface area (TPSA) is 58.6 Å². The van der Waals surface area contributed by atoms with Crippen LogP contribution in [0.3, 0.4) is 0 Å². The second-order valence-electron chi connectivity index (χ2n) is 5.59. The van der Waals surface area contributed by atoms with Crippen molar-refractivity contribution in [3.63, 3.8) is 0 Å². The van der Waals surface area contributed by atoms with Crippen molar-refractivity contribution in [1.29, 1.82) is 0 Å². The van der Waals surface area contributed by atoms with Gasteiger partial charge in [-0.2, -0.15) is 4.31 Å². The van der Waals surface area contributed by atoms with E-state index in [1.165, 1.54) is 5.56 Å². The largest absolute Gasteiger partial charge is 0.385 e. The molecule has 1 atom stereocenters. The summed E-state index contributed by atoms with van der Waals surface area (Å²) in [7, 11) is -1.66. The molecule has 0 spiro atoms. The lowest BCUT2D eigenvalue weighted by atomic mass is 10.0. The van der Waals surface area contributed by atoms with E-state index in [2.05, 4.69) is 24.4 Å². The van der Waals surface area contributed by atoms with Crippen molar-refractivity contribution in [2.75, 3.05) is 39.1 Å². The van der Waals surface area contributed by atoms with Gasteiger partial charge in [-0.25, -0.2) is 8.42 Å². The average Bonchev–Trinajstić information content (AvgIpc) is 2.55. The number of nitrogens with one attached hydrogen (secondary N) is 1. The Kier molecular flexibility index (Phi) is 6.37. The molecule has 124 valence electrons. The Balaban J connectivity index is 2.16. The first-order valence-corrected chi connectivity index (χ1v) is 9.47. The summed E-state index contributed by atoms with van der Waals surface area (Å²) in [6.07, 6.45) is 1.52. The average molecular weight is 326 g/mol. The van der Waals surface area contributed by atoms with Crippen molar-refractivity contribution in [2.24, 2.45) is 0 Å². The highest BCUT2D eigenvalue weighted by Crippen LogP contribution is 2.26. The zero-order valence-electron chi connectivity index (χ0n) is 13.4. The van der Waals surface area contributed by atoms with Gasteiger partial charge in [-0.1, -0.05) is 31.2 Å². The Hall–Kier alpha value is -0.950. The quantitative estimate of drug-likeness (QED) is 0.773. The Morgan fingerprint density at radius 3 is 2.68 bits per heavy atom. The van der Waals surface area contributed by atoms with Gasteiger partial charge in [0.15, 0.2) is 0 Å². The van der Waals surface area contributed by atoms with Gasteiger partial charge in [-0.15, -0.1) is 0 Å². The van der Waals surface area contributed by atoms with Crippen LogP contribution in [-0.4, -0.2) is 51.8 Å². The van der Waals surface area contributed by atoms with Gasteiger partial charge in [0.2, 0.25) is 10.0 Å². The molecule has 22 heavy (non-hydrogen) atoms. The van der Waals surface area contributed by atoms with E-state index in [0.29, 0.717) is 32.7 Å². The highest BCUT2D eigenvalue weighted by Gasteiger charge is 2.32. The van der Waals surface area contributed by atoms with Crippen LogP contribution in [0.5, 0.6) is 0 Å². The van der Waals surface area contributed by atoms with Crippen LogP contribution in [-0.2, 0) is 21.2 Å². The molecule has 1 heterocycles. The minimum atomic E-state index is -3.26. The highest BCUT2D eigenvalue weighted by molar-refractivity contribution is 7.89. The first-order valence-electron chi connectivity index (χ1n) is 7.86. The smallest absolute Gasteiger partial charge is 0.214 e. The molecule has 1 aromatic rings. The summed E-state index contributed by atoms with van der Waals surface area (Å²) >= 11 is 0. The summed E-state index contributed by atoms with van der Waals surface area (Å²) in [4.78, 5) is 0. The third-order valence-electron chi connectivity index (χ3n) is 4.08. The predicted octanol–water partition coefficient (Wildman–Crippen LogP) is 1.56. The standard InChI is InChI=1S/C16H26N2O3S/c1-3-14-5-7-15(8-6-14)16-13-17-9-10-18(16)22(19,20)12-4-11-21-2/h5-8,16-17H,3-4,9-13H2,1-2H3. The third kappa shape index (κ3) is 4.29. The Morgan fingerprint density at radius 1 is 1.32 bits per heavy atom. The highest BCUT2D eigenvalue weighted by atomic mass is 32.2. The molecule has 1 unspecified atom stereocenters. The summed E-state index contributed by atoms with van der Waals surface area (Å²) in [5.41, 5.74) is 2.32. The Bertz CT molecular complexity index is 557. The number of hydrogen-bond acceptors (Lipinski definition) is 4. The molecule has 2 rings (SSSR count). The van der Waals surface area contributed by atoms with Crippen molar-refractivity contribution in [2.45, 2.75) is 25.8 Å². The number of hydrogen-bond donors (Lipinski definition) is 1. The van der Waals surface area contributed by atoms with Crippen LogP contribution in [0.25, 0.3) is 0 Å². The molecule has 0 aliphatic carbocycles. The van der Waals surface area contributed by atoms with Crippen molar-refractivity contribution in [3.8, 4) is 0 Å². The summed E-state index contributed by atoms with van der Waals surface area (Å²) in [5, 5.41) is 3.30. The maximum absolute atomic E-state index is 12.6. The normalized spacial score (nSPS) is 20.2. The van der Waals surface area contributed by atoms with E-state index in [4.69, 9.17) is 4.74 Å². The predicted molar refractivity (Wildman–Crippen MR) is 88.4 cm³/mol. The number of sulfonamides is 1. The maximum atomic E-state index is 12.6. The SMILES string of the molecule is CCc1ccc(C2CNCCN2S(=O)(=O)CCCOC)cc1. The van der Waals surface area contributed by atoms with Gasteiger partial charge in [-0.3, -0.25) is 0 Å². The lowest BCUT2D eigenvalue weighted by Crippen LogP contribution is -2.49. The number of rotatable bonds is 7. The molecule has 1 aromatic carbocycles. The maximum Gasteiger partial charge on any atom is 0.214 e. The fourth-order valence-corrected chi connectivity index (χ4v) is 4.45. The van der Waals surface area contributed by atoms with Gasteiger partial charge in [0.05, 0.1) is 11.8 Å². The summed E-state index contributed by atoms with van der Waals surface area (Å²) < 4.78 is 31.8. The number of ether oxygens (including phenoxy) is 1. The Morgan fingerprint density at radius 2 is 2.05 bits per heavy atom. The molecule has 1 saturated heterocycles. The molecule has 0 saturated carbocycles. The van der Waals surface area contributed by atoms with E-state index in [-0.39, 0.29) is 11.8 Å². The molecule has 1 fully saturated rings. The molecular formula is C16H26N2O3S. The van der Waals surface area contributed by atoms with Gasteiger partial charge < -0.3 is 10.1 Å². The van der Waals surface area contributed by atoms with Crippen LogP contribution in [0.15, 0.2) is 24.3 Å². The summed E-state index contributed by atoms with van der Waals surface area (Å²) in [6.45, 7) is 4.47. The van der Waals surface area contributed by atoms with Crippen molar-refractivity contribution < 1.29 is 13.2 Å². The fraction of sp³-hybridized carbons (Fsp3) is 0.625. The monoisotopic (exact) mass is 326 g/mol. The summed E-state index contributed by atoms with van der Waals surface area (Å²) in [5.74, 6) is 0.143. The molecule has 0 aromatic heterocycles. The van der Waals surface area contributed by atoms with E-state index >= 15 is 0 Å². The van der Waals surface area contributed by atoms with Gasteiger partial charge in [0, 0.05) is 33.4 Å². The molecule has 0 amide bonds. The van der Waals surface area contributed by atoms with E-state index in [1.54, 1.807) is 11.4 Å². The molecule has 1 aliphatic rings. The van der Waals surface area contributed by atoms with E-state index < -0.39 is 10.0 Å². The number of methoxy groups -OCH3 is 1. The second-order valence-corrected chi connectivity index (χ2v) is 7.63. The molecule has 6 heteroatoms. The van der Waals surface area contributed by atoms with Crippen LogP contribution >= 0.6 is 0 Å². The lowest BCUT2D eigenvalue weighted by Gasteiger charge is -2.35. The first kappa shape index (κ1) is 17.4. The van der Waals surface area contributed by atoms with Gasteiger partial charge in [0.1, 0.15) is 0 Å². The van der Waals surface area contributed by atoms with Crippen LogP contribution in [0, 0.1) is 0 Å². The second kappa shape index (κ2) is 8.06. The molecular weight excluding hydrogens is 300 g/mol. The zero-order valence-corrected chi connectivity index (χ0v) is 14.2.